The molecule has 138 valence electrons. The molecule has 0 aliphatic carbocycles. The lowest BCUT2D eigenvalue weighted by molar-refractivity contribution is -0.122. The monoisotopic (exact) mass is 391 g/mol. The normalized spacial score (nSPS) is 19.6. The van der Waals surface area contributed by atoms with Crippen molar-refractivity contribution in [3.8, 4) is 12.3 Å². The van der Waals surface area contributed by atoms with E-state index in [1.54, 1.807) is 0 Å². The van der Waals surface area contributed by atoms with Crippen LogP contribution in [-0.2, 0) is 21.4 Å². The van der Waals surface area contributed by atoms with Crippen molar-refractivity contribution in [2.24, 2.45) is 10.9 Å². The summed E-state index contributed by atoms with van der Waals surface area (Å²) in [6.45, 7) is 2.99. The van der Waals surface area contributed by atoms with Crippen LogP contribution in [0.3, 0.4) is 0 Å². The van der Waals surface area contributed by atoms with Crippen LogP contribution in [0.2, 0.25) is 0 Å². The molecule has 3 rings (SSSR count). The molecule has 2 heterocycles. The number of aromatic nitrogens is 1. The highest BCUT2D eigenvalue weighted by Crippen LogP contribution is 2.21. The number of nitrogens with zero attached hydrogens (tertiary/aromatic N) is 3. The van der Waals surface area contributed by atoms with Crippen molar-refractivity contribution < 1.29 is 13.2 Å². The highest BCUT2D eigenvalue weighted by atomic mass is 32.2. The molecule has 1 atom stereocenters. The lowest BCUT2D eigenvalue weighted by Crippen LogP contribution is -2.41. The largest absolute Gasteiger partial charge is 0.305 e. The summed E-state index contributed by atoms with van der Waals surface area (Å²) in [6, 6.07) is 6.02. The Labute approximate surface area is 157 Å². The van der Waals surface area contributed by atoms with Crippen LogP contribution in [-0.4, -0.2) is 42.5 Å². The minimum atomic E-state index is -3.30. The maximum Gasteiger partial charge on any atom is 0.252 e. The summed E-state index contributed by atoms with van der Waals surface area (Å²) >= 11 is 1.42. The van der Waals surface area contributed by atoms with E-state index in [0.29, 0.717) is 30.7 Å². The number of sulfonamides is 1. The highest BCUT2D eigenvalue weighted by molar-refractivity contribution is 7.88. The topological polar surface area (TPSA) is 71.7 Å². The van der Waals surface area contributed by atoms with Gasteiger partial charge in [0.1, 0.15) is 0 Å². The van der Waals surface area contributed by atoms with E-state index in [0.717, 1.165) is 15.8 Å². The van der Waals surface area contributed by atoms with Crippen LogP contribution in [0.15, 0.2) is 23.2 Å². The fraction of sp³-hybridized carbons (Fsp3) is 0.444. The van der Waals surface area contributed by atoms with Crippen molar-refractivity contribution in [2.45, 2.75) is 26.3 Å². The fourth-order valence-electron chi connectivity index (χ4n) is 3.14. The average molecular weight is 392 g/mol. The molecule has 1 fully saturated rings. The summed E-state index contributed by atoms with van der Waals surface area (Å²) in [7, 11) is -3.30. The van der Waals surface area contributed by atoms with Gasteiger partial charge in [0.2, 0.25) is 10.0 Å². The summed E-state index contributed by atoms with van der Waals surface area (Å²) in [5.41, 5.74) is 2.08. The lowest BCUT2D eigenvalue weighted by atomic mass is 9.99. The van der Waals surface area contributed by atoms with Crippen molar-refractivity contribution in [3.05, 3.63) is 28.6 Å². The van der Waals surface area contributed by atoms with Crippen molar-refractivity contribution in [1.82, 2.24) is 8.87 Å². The minimum absolute atomic E-state index is 0.195. The van der Waals surface area contributed by atoms with Gasteiger partial charge in [0, 0.05) is 13.1 Å². The number of benzene rings is 1. The minimum Gasteiger partial charge on any atom is -0.305 e. The van der Waals surface area contributed by atoms with Crippen LogP contribution in [0.1, 0.15) is 18.4 Å². The zero-order valence-electron chi connectivity index (χ0n) is 14.8. The molecule has 26 heavy (non-hydrogen) atoms. The predicted octanol–water partition coefficient (Wildman–Crippen LogP) is 1.74. The van der Waals surface area contributed by atoms with Gasteiger partial charge < -0.3 is 4.57 Å². The van der Waals surface area contributed by atoms with Gasteiger partial charge in [-0.3, -0.25) is 4.79 Å². The fourth-order valence-corrected chi connectivity index (χ4v) is 5.19. The molecule has 1 amide bonds. The Bertz CT molecular complexity index is 1060. The first kappa shape index (κ1) is 18.8. The number of carbonyl (C=O) groups excluding carboxylic acids is 1. The van der Waals surface area contributed by atoms with E-state index < -0.39 is 15.9 Å². The zero-order chi connectivity index (χ0) is 18.9. The quantitative estimate of drug-likeness (QED) is 0.749. The molecule has 1 aromatic heterocycles. The Morgan fingerprint density at radius 2 is 2.23 bits per heavy atom. The number of hydrogen-bond donors (Lipinski definition) is 0. The maximum absolute atomic E-state index is 12.7. The molecule has 0 N–H and O–H groups in total. The number of rotatable bonds is 3. The van der Waals surface area contributed by atoms with E-state index in [9.17, 15) is 13.2 Å². The molecule has 0 spiro atoms. The van der Waals surface area contributed by atoms with E-state index in [2.05, 4.69) is 10.9 Å². The van der Waals surface area contributed by atoms with Crippen LogP contribution >= 0.6 is 11.3 Å². The number of piperidine rings is 1. The second-order valence-corrected chi connectivity index (χ2v) is 9.55. The van der Waals surface area contributed by atoms with E-state index in [1.807, 2.05) is 29.7 Å². The SMILES string of the molecule is C#CCn1c(=NC(=O)C2CCCN(S(C)(=O)=O)C2)sc2cc(C)ccc21. The van der Waals surface area contributed by atoms with Crippen molar-refractivity contribution in [3.63, 3.8) is 0 Å². The van der Waals surface area contributed by atoms with Crippen LogP contribution in [0, 0.1) is 25.2 Å². The van der Waals surface area contributed by atoms with E-state index >= 15 is 0 Å². The second-order valence-electron chi connectivity index (χ2n) is 6.56. The molecule has 1 aromatic carbocycles. The molecule has 8 heteroatoms. The van der Waals surface area contributed by atoms with Gasteiger partial charge in [-0.05, 0) is 37.5 Å². The summed E-state index contributed by atoms with van der Waals surface area (Å²) in [4.78, 5) is 17.6. The molecule has 0 saturated carbocycles. The van der Waals surface area contributed by atoms with Crippen molar-refractivity contribution in [2.75, 3.05) is 19.3 Å². The lowest BCUT2D eigenvalue weighted by Gasteiger charge is -2.28. The van der Waals surface area contributed by atoms with Crippen LogP contribution in [0.5, 0.6) is 0 Å². The number of carbonyl (C=O) groups is 1. The second kappa shape index (κ2) is 7.35. The third-order valence-corrected chi connectivity index (χ3v) is 6.81. The first-order valence-electron chi connectivity index (χ1n) is 8.37. The standard InChI is InChI=1S/C18H21N3O3S2/c1-4-9-21-15-8-7-13(2)11-16(15)25-18(21)19-17(22)14-6-5-10-20(12-14)26(3,23)24/h1,7-8,11,14H,5-6,9-10,12H2,2-3H3. The highest BCUT2D eigenvalue weighted by Gasteiger charge is 2.30. The van der Waals surface area contributed by atoms with Crippen LogP contribution in [0.4, 0.5) is 0 Å². The first-order valence-corrected chi connectivity index (χ1v) is 11.0. The zero-order valence-corrected chi connectivity index (χ0v) is 16.4. The Morgan fingerprint density at radius 3 is 2.92 bits per heavy atom. The van der Waals surface area contributed by atoms with Gasteiger partial charge in [0.15, 0.2) is 4.80 Å². The van der Waals surface area contributed by atoms with Crippen LogP contribution < -0.4 is 4.80 Å². The average Bonchev–Trinajstić information content (AvgIpc) is 2.91. The number of thiazole rings is 1. The maximum atomic E-state index is 12.7. The number of aryl methyl sites for hydroxylation is 1. The number of amides is 1. The Hall–Kier alpha value is -1.95. The van der Waals surface area contributed by atoms with Gasteiger partial charge in [-0.2, -0.15) is 4.99 Å². The predicted molar refractivity (Wildman–Crippen MR) is 103 cm³/mol. The molecule has 2 aromatic rings. The summed E-state index contributed by atoms with van der Waals surface area (Å²) in [6.07, 6.45) is 7.96. The Morgan fingerprint density at radius 1 is 1.46 bits per heavy atom. The van der Waals surface area contributed by atoms with Gasteiger partial charge in [0.25, 0.3) is 5.91 Å². The summed E-state index contributed by atoms with van der Waals surface area (Å²) < 4.78 is 27.8. The summed E-state index contributed by atoms with van der Waals surface area (Å²) in [5, 5.41) is 0. The van der Waals surface area contributed by atoms with Gasteiger partial charge in [-0.25, -0.2) is 12.7 Å². The molecular weight excluding hydrogens is 370 g/mol. The van der Waals surface area contributed by atoms with Crippen molar-refractivity contribution in [1.29, 1.82) is 0 Å². The number of hydrogen-bond acceptors (Lipinski definition) is 4. The molecule has 0 radical (unpaired) electrons. The van der Waals surface area contributed by atoms with Gasteiger partial charge in [-0.1, -0.05) is 23.3 Å². The van der Waals surface area contributed by atoms with Gasteiger partial charge in [-0.15, -0.1) is 6.42 Å². The molecule has 1 saturated heterocycles. The molecule has 1 unspecified atom stereocenters. The summed E-state index contributed by atoms with van der Waals surface area (Å²) in [5.74, 6) is 1.91. The van der Waals surface area contributed by atoms with Crippen molar-refractivity contribution >= 4 is 37.5 Å². The number of fused-ring (bicyclic) bond motifs is 1. The number of terminal acetylenes is 1. The van der Waals surface area contributed by atoms with Gasteiger partial charge >= 0.3 is 0 Å². The Kier molecular flexibility index (Phi) is 5.32. The third-order valence-electron chi connectivity index (χ3n) is 4.50. The van der Waals surface area contributed by atoms with E-state index in [1.165, 1.54) is 21.9 Å². The van der Waals surface area contributed by atoms with Gasteiger partial charge in [0.05, 0.1) is 28.9 Å². The Balaban J connectivity index is 1.97. The molecule has 1 aliphatic heterocycles. The smallest absolute Gasteiger partial charge is 0.252 e. The van der Waals surface area contributed by atoms with E-state index in [4.69, 9.17) is 6.42 Å². The van der Waals surface area contributed by atoms with E-state index in [-0.39, 0.29) is 12.5 Å². The first-order chi connectivity index (χ1) is 12.3. The van der Waals surface area contributed by atoms with Crippen LogP contribution in [0.25, 0.3) is 10.2 Å². The molecule has 1 aliphatic rings. The third kappa shape index (κ3) is 3.90. The molecule has 0 bridgehead atoms. The molecular formula is C18H21N3O3S2. The molecule has 6 nitrogen and oxygen atoms in total.